The molecule has 1 aromatic heterocycles. The first-order chi connectivity index (χ1) is 7.08. The molecule has 0 aliphatic rings. The van der Waals surface area contributed by atoms with Crippen molar-refractivity contribution in [2.24, 2.45) is 0 Å². The first kappa shape index (κ1) is 9.76. The number of imidazole rings is 1. The highest BCUT2D eigenvalue weighted by Crippen LogP contribution is 2.22. The first-order valence-electron chi connectivity index (χ1n) is 4.24. The van der Waals surface area contributed by atoms with Crippen LogP contribution in [0.15, 0.2) is 18.3 Å². The van der Waals surface area contributed by atoms with Gasteiger partial charge in [-0.15, -0.1) is 0 Å². The van der Waals surface area contributed by atoms with E-state index in [0.717, 1.165) is 6.07 Å². The normalized spacial score (nSPS) is 10.7. The number of nitrogens with zero attached hydrogens (tertiary/aromatic N) is 1. The van der Waals surface area contributed by atoms with Crippen LogP contribution in [0.3, 0.4) is 0 Å². The highest BCUT2D eigenvalue weighted by molar-refractivity contribution is 5.56. The summed E-state index contributed by atoms with van der Waals surface area (Å²) in [6.07, 6.45) is 1.48. The number of hydrogen-bond acceptors (Lipinski definition) is 1. The standard InChI is InChI=1S/C10H7F3N2/c1-5-4-14-10(15-5)6-2-8(12)9(13)3-7(6)11/h2-4H,1H3,(H,14,15). The molecule has 2 rings (SSSR count). The van der Waals surface area contributed by atoms with E-state index in [0.29, 0.717) is 11.8 Å². The van der Waals surface area contributed by atoms with Crippen molar-refractivity contribution in [3.63, 3.8) is 0 Å². The van der Waals surface area contributed by atoms with Gasteiger partial charge in [0, 0.05) is 18.0 Å². The molecule has 1 aromatic carbocycles. The van der Waals surface area contributed by atoms with Gasteiger partial charge in [-0.1, -0.05) is 0 Å². The molecule has 0 bridgehead atoms. The van der Waals surface area contributed by atoms with Crippen LogP contribution in [0, 0.1) is 24.4 Å². The van der Waals surface area contributed by atoms with Crippen LogP contribution in [-0.4, -0.2) is 9.97 Å². The van der Waals surface area contributed by atoms with Crippen LogP contribution in [0.4, 0.5) is 13.2 Å². The maximum Gasteiger partial charge on any atom is 0.161 e. The number of halogens is 3. The molecule has 1 heterocycles. The van der Waals surface area contributed by atoms with Gasteiger partial charge in [-0.2, -0.15) is 0 Å². The Bertz CT molecular complexity index is 505. The van der Waals surface area contributed by atoms with Crippen LogP contribution in [0.25, 0.3) is 11.4 Å². The zero-order chi connectivity index (χ0) is 11.0. The Labute approximate surface area is 83.8 Å². The second-order valence-corrected chi connectivity index (χ2v) is 3.16. The summed E-state index contributed by atoms with van der Waals surface area (Å²) in [4.78, 5) is 6.57. The van der Waals surface area contributed by atoms with Gasteiger partial charge in [0.2, 0.25) is 0 Å². The van der Waals surface area contributed by atoms with Crippen LogP contribution < -0.4 is 0 Å². The summed E-state index contributed by atoms with van der Waals surface area (Å²) in [6, 6.07) is 1.28. The highest BCUT2D eigenvalue weighted by Gasteiger charge is 2.13. The fourth-order valence-electron chi connectivity index (χ4n) is 1.25. The second kappa shape index (κ2) is 3.42. The predicted octanol–water partition coefficient (Wildman–Crippen LogP) is 2.80. The SMILES string of the molecule is Cc1cnc(-c2cc(F)c(F)cc2F)[nH]1. The smallest absolute Gasteiger partial charge is 0.161 e. The number of aryl methyl sites for hydroxylation is 1. The van der Waals surface area contributed by atoms with E-state index in [9.17, 15) is 13.2 Å². The number of benzene rings is 1. The van der Waals surface area contributed by atoms with E-state index in [-0.39, 0.29) is 11.4 Å². The Kier molecular flexibility index (Phi) is 2.22. The van der Waals surface area contributed by atoms with Gasteiger partial charge >= 0.3 is 0 Å². The van der Waals surface area contributed by atoms with E-state index in [1.165, 1.54) is 6.20 Å². The molecule has 0 unspecified atom stereocenters. The van der Waals surface area contributed by atoms with Gasteiger partial charge in [-0.25, -0.2) is 18.2 Å². The monoisotopic (exact) mass is 212 g/mol. The topological polar surface area (TPSA) is 28.7 Å². The van der Waals surface area contributed by atoms with Gasteiger partial charge in [-0.05, 0) is 13.0 Å². The molecule has 5 heteroatoms. The fourth-order valence-corrected chi connectivity index (χ4v) is 1.25. The lowest BCUT2D eigenvalue weighted by molar-refractivity contribution is 0.496. The van der Waals surface area contributed by atoms with Crippen molar-refractivity contribution in [2.45, 2.75) is 6.92 Å². The summed E-state index contributed by atoms with van der Waals surface area (Å²) >= 11 is 0. The number of rotatable bonds is 1. The van der Waals surface area contributed by atoms with Crippen molar-refractivity contribution in [3.8, 4) is 11.4 Å². The van der Waals surface area contributed by atoms with E-state index in [1.807, 2.05) is 0 Å². The van der Waals surface area contributed by atoms with Crippen LogP contribution in [0.1, 0.15) is 5.69 Å². The summed E-state index contributed by atoms with van der Waals surface area (Å²) in [6.45, 7) is 1.73. The molecule has 2 nitrogen and oxygen atoms in total. The van der Waals surface area contributed by atoms with Crippen molar-refractivity contribution >= 4 is 0 Å². The number of nitrogens with one attached hydrogen (secondary N) is 1. The molecule has 0 amide bonds. The van der Waals surface area contributed by atoms with E-state index in [2.05, 4.69) is 9.97 Å². The Morgan fingerprint density at radius 3 is 2.33 bits per heavy atom. The summed E-state index contributed by atoms with van der Waals surface area (Å²) in [5, 5.41) is 0. The maximum atomic E-state index is 13.3. The third-order valence-electron chi connectivity index (χ3n) is 1.97. The van der Waals surface area contributed by atoms with Crippen LogP contribution in [0.2, 0.25) is 0 Å². The average Bonchev–Trinajstić information content (AvgIpc) is 2.58. The average molecular weight is 212 g/mol. The largest absolute Gasteiger partial charge is 0.342 e. The van der Waals surface area contributed by atoms with E-state index >= 15 is 0 Å². The highest BCUT2D eigenvalue weighted by atomic mass is 19.2. The molecule has 15 heavy (non-hydrogen) atoms. The van der Waals surface area contributed by atoms with Crippen LogP contribution in [0.5, 0.6) is 0 Å². The van der Waals surface area contributed by atoms with Gasteiger partial charge in [0.1, 0.15) is 11.6 Å². The zero-order valence-corrected chi connectivity index (χ0v) is 7.81. The van der Waals surface area contributed by atoms with Crippen molar-refractivity contribution in [1.29, 1.82) is 0 Å². The minimum Gasteiger partial charge on any atom is -0.342 e. The lowest BCUT2D eigenvalue weighted by Crippen LogP contribution is -1.92. The predicted molar refractivity (Wildman–Crippen MR) is 48.6 cm³/mol. The fraction of sp³-hybridized carbons (Fsp3) is 0.100. The Balaban J connectivity index is 2.58. The lowest BCUT2D eigenvalue weighted by atomic mass is 10.2. The van der Waals surface area contributed by atoms with E-state index in [4.69, 9.17) is 0 Å². The van der Waals surface area contributed by atoms with E-state index < -0.39 is 17.5 Å². The first-order valence-corrected chi connectivity index (χ1v) is 4.24. The third kappa shape index (κ3) is 1.72. The molecule has 0 aliphatic heterocycles. The quantitative estimate of drug-likeness (QED) is 0.723. The van der Waals surface area contributed by atoms with Gasteiger partial charge in [-0.3, -0.25) is 0 Å². The molecule has 1 N–H and O–H groups in total. The third-order valence-corrected chi connectivity index (χ3v) is 1.97. The van der Waals surface area contributed by atoms with Gasteiger partial charge in [0.25, 0.3) is 0 Å². The molecule has 78 valence electrons. The minimum absolute atomic E-state index is 0.0815. The molecular formula is C10H7F3N2. The van der Waals surface area contributed by atoms with E-state index in [1.54, 1.807) is 6.92 Å². The Morgan fingerprint density at radius 2 is 1.73 bits per heavy atom. The number of hydrogen-bond donors (Lipinski definition) is 1. The van der Waals surface area contributed by atoms with Gasteiger partial charge in [0.05, 0.1) is 5.56 Å². The molecule has 0 radical (unpaired) electrons. The van der Waals surface area contributed by atoms with Crippen LogP contribution >= 0.6 is 0 Å². The van der Waals surface area contributed by atoms with Crippen molar-refractivity contribution in [3.05, 3.63) is 41.5 Å². The Morgan fingerprint density at radius 1 is 1.07 bits per heavy atom. The summed E-state index contributed by atoms with van der Waals surface area (Å²) in [5.74, 6) is -2.97. The van der Waals surface area contributed by atoms with Crippen molar-refractivity contribution < 1.29 is 13.2 Å². The molecule has 0 fully saturated rings. The number of aromatic nitrogens is 2. The Hall–Kier alpha value is -1.78. The van der Waals surface area contributed by atoms with Gasteiger partial charge in [0.15, 0.2) is 11.6 Å². The zero-order valence-electron chi connectivity index (χ0n) is 7.81. The molecule has 0 aliphatic carbocycles. The minimum atomic E-state index is -1.21. The summed E-state index contributed by atoms with van der Waals surface area (Å²) in [5.41, 5.74) is 0.635. The van der Waals surface area contributed by atoms with Gasteiger partial charge < -0.3 is 4.98 Å². The number of H-pyrrole nitrogens is 1. The maximum absolute atomic E-state index is 13.3. The molecule has 0 spiro atoms. The molecule has 0 saturated heterocycles. The van der Waals surface area contributed by atoms with Crippen molar-refractivity contribution in [2.75, 3.05) is 0 Å². The number of aromatic amines is 1. The van der Waals surface area contributed by atoms with Crippen LogP contribution in [-0.2, 0) is 0 Å². The molecule has 0 saturated carbocycles. The molecule has 0 atom stereocenters. The lowest BCUT2D eigenvalue weighted by Gasteiger charge is -2.00. The summed E-state index contributed by atoms with van der Waals surface area (Å²) in [7, 11) is 0. The van der Waals surface area contributed by atoms with Crippen molar-refractivity contribution in [1.82, 2.24) is 9.97 Å². The molecular weight excluding hydrogens is 205 g/mol. The summed E-state index contributed by atoms with van der Waals surface area (Å²) < 4.78 is 38.8. The second-order valence-electron chi connectivity index (χ2n) is 3.16. The molecule has 2 aromatic rings.